The zero-order chi connectivity index (χ0) is 29.6. The lowest BCUT2D eigenvalue weighted by atomic mass is 9.97. The fraction of sp³-hybridized carbons (Fsp3) is 0.433. The van der Waals surface area contributed by atoms with Gasteiger partial charge in [-0.3, -0.25) is 4.79 Å². The standard InChI is InChI=1S/C30H39N5O5S/c1-5-8-9-10-13-22(6-2)29-32-20(4)27-30(37)33-28(34-35(27)29)25-18-24(15-16-26(25)40-7-3)41(38,39)31-19-21-12-11-14-23(36)17-21/h11-12,14-18,22,31,36H,5-10,13,19H2,1-4H3,(H,33,34,37). The molecule has 0 amide bonds. The molecule has 2 aromatic heterocycles. The van der Waals surface area contributed by atoms with Crippen molar-refractivity contribution in [3.05, 3.63) is 69.9 Å². The molecule has 0 bridgehead atoms. The zero-order valence-corrected chi connectivity index (χ0v) is 24.9. The van der Waals surface area contributed by atoms with E-state index in [0.29, 0.717) is 34.7 Å². The number of hydrogen-bond donors (Lipinski definition) is 3. The van der Waals surface area contributed by atoms with Gasteiger partial charge in [0.15, 0.2) is 11.3 Å². The van der Waals surface area contributed by atoms with Crippen LogP contribution in [0.25, 0.3) is 16.9 Å². The number of imidazole rings is 1. The first-order chi connectivity index (χ1) is 19.7. The number of hydrogen-bond acceptors (Lipinski definition) is 7. The van der Waals surface area contributed by atoms with E-state index in [4.69, 9.17) is 14.8 Å². The van der Waals surface area contributed by atoms with E-state index in [1.54, 1.807) is 29.6 Å². The van der Waals surface area contributed by atoms with E-state index in [1.165, 1.54) is 30.7 Å². The summed E-state index contributed by atoms with van der Waals surface area (Å²) in [6.45, 7) is 8.26. The van der Waals surface area contributed by atoms with Gasteiger partial charge in [0.1, 0.15) is 17.3 Å². The number of aromatic hydroxyl groups is 1. The second-order valence-corrected chi connectivity index (χ2v) is 11.9. The Bertz CT molecular complexity index is 1660. The summed E-state index contributed by atoms with van der Waals surface area (Å²) in [7, 11) is -3.95. The highest BCUT2D eigenvalue weighted by Gasteiger charge is 2.23. The molecule has 0 fully saturated rings. The number of nitrogens with zero attached hydrogens (tertiary/aromatic N) is 3. The Balaban J connectivity index is 1.75. The van der Waals surface area contributed by atoms with Crippen LogP contribution in [0.5, 0.6) is 11.5 Å². The number of phenolic OH excluding ortho intramolecular Hbond substituents is 1. The molecule has 4 aromatic rings. The molecule has 2 heterocycles. The average molecular weight is 582 g/mol. The first-order valence-corrected chi connectivity index (χ1v) is 15.7. The number of aromatic amines is 1. The van der Waals surface area contributed by atoms with Crippen molar-refractivity contribution >= 4 is 15.5 Å². The van der Waals surface area contributed by atoms with Crippen LogP contribution in [0, 0.1) is 6.92 Å². The molecule has 0 aliphatic carbocycles. The second kappa shape index (κ2) is 13.3. The van der Waals surface area contributed by atoms with E-state index in [1.807, 2.05) is 6.92 Å². The van der Waals surface area contributed by atoms with Gasteiger partial charge in [-0.25, -0.2) is 22.6 Å². The molecule has 0 aliphatic heterocycles. The monoisotopic (exact) mass is 581 g/mol. The van der Waals surface area contributed by atoms with Gasteiger partial charge in [0.2, 0.25) is 10.0 Å². The van der Waals surface area contributed by atoms with Crippen LogP contribution >= 0.6 is 0 Å². The van der Waals surface area contributed by atoms with E-state index in [2.05, 4.69) is 23.6 Å². The lowest BCUT2D eigenvalue weighted by Crippen LogP contribution is -2.23. The minimum Gasteiger partial charge on any atom is -0.508 e. The molecule has 0 radical (unpaired) electrons. The molecule has 0 saturated carbocycles. The van der Waals surface area contributed by atoms with Crippen molar-refractivity contribution in [3.63, 3.8) is 0 Å². The third-order valence-electron chi connectivity index (χ3n) is 7.16. The fourth-order valence-electron chi connectivity index (χ4n) is 4.98. The Morgan fingerprint density at radius 1 is 1.10 bits per heavy atom. The molecule has 3 N–H and O–H groups in total. The van der Waals surface area contributed by atoms with E-state index >= 15 is 0 Å². The Labute approximate surface area is 240 Å². The second-order valence-electron chi connectivity index (χ2n) is 10.2. The van der Waals surface area contributed by atoms with Gasteiger partial charge in [0.05, 0.1) is 22.8 Å². The van der Waals surface area contributed by atoms with Crippen molar-refractivity contribution in [1.29, 1.82) is 0 Å². The number of H-pyrrole nitrogens is 1. The summed E-state index contributed by atoms with van der Waals surface area (Å²) in [5.74, 6) is 1.51. The lowest BCUT2D eigenvalue weighted by Gasteiger charge is -2.15. The molecule has 4 rings (SSSR count). The molecule has 11 heteroatoms. The maximum absolute atomic E-state index is 13.3. The molecule has 0 aliphatic rings. The van der Waals surface area contributed by atoms with E-state index in [9.17, 15) is 18.3 Å². The van der Waals surface area contributed by atoms with Crippen molar-refractivity contribution in [2.75, 3.05) is 6.61 Å². The summed E-state index contributed by atoms with van der Waals surface area (Å²) >= 11 is 0. The molecule has 220 valence electrons. The van der Waals surface area contributed by atoms with Gasteiger partial charge in [0, 0.05) is 12.5 Å². The number of aromatic nitrogens is 4. The maximum Gasteiger partial charge on any atom is 0.277 e. The third kappa shape index (κ3) is 6.97. The van der Waals surface area contributed by atoms with Crippen LogP contribution in [0.1, 0.15) is 82.3 Å². The fourth-order valence-corrected chi connectivity index (χ4v) is 6.03. The van der Waals surface area contributed by atoms with E-state index in [-0.39, 0.29) is 34.5 Å². The quantitative estimate of drug-likeness (QED) is 0.169. The normalized spacial score (nSPS) is 12.6. The molecule has 0 saturated heterocycles. The van der Waals surface area contributed by atoms with Crippen molar-refractivity contribution < 1.29 is 18.3 Å². The number of benzene rings is 2. The third-order valence-corrected chi connectivity index (χ3v) is 8.56. The smallest absolute Gasteiger partial charge is 0.277 e. The molecule has 2 aromatic carbocycles. The summed E-state index contributed by atoms with van der Waals surface area (Å²) in [6, 6.07) is 10.8. The zero-order valence-electron chi connectivity index (χ0n) is 24.1. The van der Waals surface area contributed by atoms with Crippen LogP contribution in [0.15, 0.2) is 52.2 Å². The van der Waals surface area contributed by atoms with Crippen molar-refractivity contribution in [2.45, 2.75) is 83.6 Å². The highest BCUT2D eigenvalue weighted by molar-refractivity contribution is 7.89. The Morgan fingerprint density at radius 2 is 1.90 bits per heavy atom. The van der Waals surface area contributed by atoms with Crippen molar-refractivity contribution in [3.8, 4) is 22.9 Å². The summed E-state index contributed by atoms with van der Waals surface area (Å²) in [5, 5.41) is 14.5. The molecule has 41 heavy (non-hydrogen) atoms. The number of ether oxygens (including phenoxy) is 1. The first kappa shape index (κ1) is 30.3. The van der Waals surface area contributed by atoms with Crippen molar-refractivity contribution in [1.82, 2.24) is 24.3 Å². The van der Waals surface area contributed by atoms with Gasteiger partial charge in [-0.15, -0.1) is 5.10 Å². The number of fused-ring (bicyclic) bond motifs is 1. The van der Waals surface area contributed by atoms with Crippen LogP contribution in [0.2, 0.25) is 0 Å². The molecule has 1 unspecified atom stereocenters. The summed E-state index contributed by atoms with van der Waals surface area (Å²) in [5.41, 5.74) is 1.58. The number of phenols is 1. The molecule has 0 spiro atoms. The molecule has 10 nitrogen and oxygen atoms in total. The number of aryl methyl sites for hydroxylation is 1. The number of sulfonamides is 1. The van der Waals surface area contributed by atoms with Gasteiger partial charge >= 0.3 is 0 Å². The predicted molar refractivity (Wildman–Crippen MR) is 159 cm³/mol. The highest BCUT2D eigenvalue weighted by Crippen LogP contribution is 2.31. The Morgan fingerprint density at radius 3 is 2.61 bits per heavy atom. The lowest BCUT2D eigenvalue weighted by molar-refractivity contribution is 0.341. The first-order valence-electron chi connectivity index (χ1n) is 14.2. The highest BCUT2D eigenvalue weighted by atomic mass is 32.2. The van der Waals surface area contributed by atoms with Crippen molar-refractivity contribution in [2.24, 2.45) is 0 Å². The largest absolute Gasteiger partial charge is 0.508 e. The van der Waals surface area contributed by atoms with Crippen LogP contribution in [-0.4, -0.2) is 39.7 Å². The van der Waals surface area contributed by atoms with Crippen LogP contribution in [0.3, 0.4) is 0 Å². The predicted octanol–water partition coefficient (Wildman–Crippen LogP) is 5.44. The van der Waals surface area contributed by atoms with Gasteiger partial charge in [-0.2, -0.15) is 0 Å². The minimum absolute atomic E-state index is 0.00530. The van der Waals surface area contributed by atoms with Crippen LogP contribution in [-0.2, 0) is 16.6 Å². The van der Waals surface area contributed by atoms with Gasteiger partial charge in [-0.1, -0.05) is 51.7 Å². The number of nitrogens with one attached hydrogen (secondary N) is 2. The topological polar surface area (TPSA) is 139 Å². The van der Waals surface area contributed by atoms with E-state index in [0.717, 1.165) is 37.9 Å². The minimum atomic E-state index is -3.95. The average Bonchev–Trinajstić information content (AvgIpc) is 3.28. The molecule has 1 atom stereocenters. The summed E-state index contributed by atoms with van der Waals surface area (Å²) in [4.78, 5) is 20.9. The Hall–Kier alpha value is -3.70. The number of unbranched alkanes of at least 4 members (excludes halogenated alkanes) is 3. The molecular weight excluding hydrogens is 542 g/mol. The number of rotatable bonds is 14. The van der Waals surface area contributed by atoms with Crippen LogP contribution in [0.4, 0.5) is 0 Å². The Kier molecular flexibility index (Phi) is 9.82. The van der Waals surface area contributed by atoms with Gasteiger partial charge in [0.25, 0.3) is 5.56 Å². The van der Waals surface area contributed by atoms with E-state index < -0.39 is 10.0 Å². The molecular formula is C30H39N5O5S. The van der Waals surface area contributed by atoms with Crippen LogP contribution < -0.4 is 15.0 Å². The van der Waals surface area contributed by atoms with Gasteiger partial charge < -0.3 is 14.8 Å². The SMILES string of the molecule is CCCCCCC(CC)c1nc(C)c2c(=O)[nH]c(-c3cc(S(=O)(=O)NCc4cccc(O)c4)ccc3OCC)nn12. The summed E-state index contributed by atoms with van der Waals surface area (Å²) in [6.07, 6.45) is 6.36. The maximum atomic E-state index is 13.3. The summed E-state index contributed by atoms with van der Waals surface area (Å²) < 4.78 is 36.5. The van der Waals surface area contributed by atoms with Gasteiger partial charge in [-0.05, 0) is 62.6 Å².